The number of benzene rings is 2. The molecule has 0 spiro atoms. The molecule has 0 aliphatic heterocycles. The van der Waals surface area contributed by atoms with E-state index in [0.29, 0.717) is 30.2 Å². The van der Waals surface area contributed by atoms with E-state index in [9.17, 15) is 13.2 Å². The van der Waals surface area contributed by atoms with Crippen LogP contribution in [0.2, 0.25) is 5.02 Å². The van der Waals surface area contributed by atoms with Gasteiger partial charge >= 0.3 is 0 Å². The van der Waals surface area contributed by atoms with Crippen molar-refractivity contribution in [3.8, 4) is 0 Å². The smallest absolute Gasteiger partial charge is 0.243 e. The van der Waals surface area contributed by atoms with Crippen molar-refractivity contribution >= 4 is 38.9 Å². The first kappa shape index (κ1) is 23.0. The number of hydrogen-bond acceptors (Lipinski definition) is 4. The number of para-hydroxylation sites is 1. The lowest BCUT2D eigenvalue weighted by Crippen LogP contribution is -2.50. The van der Waals surface area contributed by atoms with Gasteiger partial charge in [0.15, 0.2) is 0 Å². The van der Waals surface area contributed by atoms with E-state index < -0.39 is 16.1 Å². The third kappa shape index (κ3) is 6.11. The summed E-state index contributed by atoms with van der Waals surface area (Å²) in [5.41, 5.74) is 2.26. The lowest BCUT2D eigenvalue weighted by molar-refractivity contribution is -0.122. The first-order chi connectivity index (χ1) is 13.6. The summed E-state index contributed by atoms with van der Waals surface area (Å²) in [7, 11) is -1.74. The fraction of sp³-hybridized carbons (Fsp3) is 0.381. The topological polar surface area (TPSA) is 69.7 Å². The largest absolute Gasteiger partial charge is 0.373 e. The fourth-order valence-corrected chi connectivity index (χ4v) is 4.43. The predicted molar refractivity (Wildman–Crippen MR) is 120 cm³/mol. The molecule has 0 aliphatic rings. The second kappa shape index (κ2) is 9.98. The van der Waals surface area contributed by atoms with Crippen LogP contribution in [0.1, 0.15) is 18.9 Å². The van der Waals surface area contributed by atoms with Crippen molar-refractivity contribution in [2.45, 2.75) is 26.3 Å². The summed E-state index contributed by atoms with van der Waals surface area (Å²) in [6, 6.07) is 14.0. The second-order valence-electron chi connectivity index (χ2n) is 6.96. The number of nitrogens with one attached hydrogen (secondary N) is 1. The molecule has 8 heteroatoms. The van der Waals surface area contributed by atoms with Crippen LogP contribution in [0.3, 0.4) is 0 Å². The quantitative estimate of drug-likeness (QED) is 0.652. The van der Waals surface area contributed by atoms with Crippen molar-refractivity contribution in [1.82, 2.24) is 5.32 Å². The first-order valence-electron chi connectivity index (χ1n) is 9.44. The van der Waals surface area contributed by atoms with Gasteiger partial charge < -0.3 is 10.2 Å². The molecule has 6 nitrogen and oxygen atoms in total. The number of carbonyl (C=O) groups excluding carboxylic acids is 1. The van der Waals surface area contributed by atoms with Gasteiger partial charge in [0, 0.05) is 30.8 Å². The van der Waals surface area contributed by atoms with Crippen molar-refractivity contribution in [2.75, 3.05) is 35.6 Å². The number of rotatable bonds is 9. The molecule has 0 saturated carbocycles. The van der Waals surface area contributed by atoms with Crippen LogP contribution < -0.4 is 14.5 Å². The van der Waals surface area contributed by atoms with Gasteiger partial charge in [0.2, 0.25) is 15.9 Å². The van der Waals surface area contributed by atoms with E-state index in [2.05, 4.69) is 5.32 Å². The highest BCUT2D eigenvalue weighted by Gasteiger charge is 2.31. The summed E-state index contributed by atoms with van der Waals surface area (Å²) in [6.07, 6.45) is 1.43. The summed E-state index contributed by atoms with van der Waals surface area (Å²) in [6.45, 7) is 4.62. The second-order valence-corrected chi connectivity index (χ2v) is 9.23. The van der Waals surface area contributed by atoms with Crippen molar-refractivity contribution < 1.29 is 13.2 Å². The zero-order chi connectivity index (χ0) is 21.6. The van der Waals surface area contributed by atoms with Gasteiger partial charge in [0.05, 0.1) is 11.9 Å². The van der Waals surface area contributed by atoms with E-state index >= 15 is 0 Å². The molecule has 2 aromatic carbocycles. The first-order valence-corrected chi connectivity index (χ1v) is 11.7. The van der Waals surface area contributed by atoms with Gasteiger partial charge in [-0.25, -0.2) is 8.42 Å². The molecule has 29 heavy (non-hydrogen) atoms. The van der Waals surface area contributed by atoms with Gasteiger partial charge in [-0.05, 0) is 43.2 Å². The van der Waals surface area contributed by atoms with Crippen LogP contribution in [0.15, 0.2) is 48.5 Å². The number of carbonyl (C=O) groups is 1. The summed E-state index contributed by atoms with van der Waals surface area (Å²) >= 11 is 6.18. The highest BCUT2D eigenvalue weighted by molar-refractivity contribution is 7.92. The number of aryl methyl sites for hydroxylation is 1. The molecule has 1 N–H and O–H groups in total. The predicted octanol–water partition coefficient (Wildman–Crippen LogP) is 3.45. The monoisotopic (exact) mass is 437 g/mol. The third-order valence-electron chi connectivity index (χ3n) is 4.68. The molecule has 0 unspecified atom stereocenters. The van der Waals surface area contributed by atoms with Crippen molar-refractivity contribution in [2.24, 2.45) is 0 Å². The highest BCUT2D eigenvalue weighted by atomic mass is 35.5. The Balaban J connectivity index is 2.13. The molecule has 0 heterocycles. The Morgan fingerprint density at radius 3 is 2.34 bits per heavy atom. The Bertz CT molecular complexity index is 935. The Kier molecular flexibility index (Phi) is 7.93. The third-order valence-corrected chi connectivity index (χ3v) is 6.27. The molecule has 0 bridgehead atoms. The van der Waals surface area contributed by atoms with E-state index in [4.69, 9.17) is 11.6 Å². The van der Waals surface area contributed by atoms with Crippen LogP contribution in [0.4, 0.5) is 11.4 Å². The number of halogens is 1. The normalized spacial score (nSPS) is 12.3. The highest BCUT2D eigenvalue weighted by Crippen LogP contribution is 2.27. The summed E-state index contributed by atoms with van der Waals surface area (Å²) in [5, 5.41) is 3.32. The molecule has 0 aliphatic carbocycles. The van der Waals surface area contributed by atoms with Crippen LogP contribution in [-0.2, 0) is 14.8 Å². The molecule has 2 aromatic rings. The maximum atomic E-state index is 12.8. The van der Waals surface area contributed by atoms with E-state index in [1.54, 1.807) is 25.1 Å². The van der Waals surface area contributed by atoms with Crippen LogP contribution in [0, 0.1) is 6.92 Å². The number of nitrogens with zero attached hydrogens (tertiary/aromatic N) is 2. The molecule has 0 aromatic heterocycles. The van der Waals surface area contributed by atoms with E-state index in [-0.39, 0.29) is 5.91 Å². The van der Waals surface area contributed by atoms with Gasteiger partial charge in [-0.3, -0.25) is 9.10 Å². The van der Waals surface area contributed by atoms with E-state index in [1.807, 2.05) is 49.2 Å². The number of amides is 1. The summed E-state index contributed by atoms with van der Waals surface area (Å²) < 4.78 is 26.1. The zero-order valence-electron chi connectivity index (χ0n) is 17.2. The van der Waals surface area contributed by atoms with Crippen LogP contribution in [0.25, 0.3) is 0 Å². The van der Waals surface area contributed by atoms with Crippen molar-refractivity contribution in [3.05, 3.63) is 59.1 Å². The molecule has 1 amide bonds. The molecular weight excluding hydrogens is 410 g/mol. The van der Waals surface area contributed by atoms with Crippen LogP contribution in [-0.4, -0.2) is 46.8 Å². The standard InChI is InChI=1S/C21H28ClN3O3S/c1-5-20(21(26)23-13-14-24(3)17-9-7-6-8-10-17)25(29(4,27)28)18-12-11-16(2)19(22)15-18/h6-12,15,20H,5,13-14H2,1-4H3,(H,23,26)/t20-/m0/s1. The summed E-state index contributed by atoms with van der Waals surface area (Å²) in [5.74, 6) is -0.337. The molecule has 1 atom stereocenters. The van der Waals surface area contributed by atoms with E-state index in [0.717, 1.165) is 21.8 Å². The van der Waals surface area contributed by atoms with Crippen molar-refractivity contribution in [1.29, 1.82) is 0 Å². The maximum absolute atomic E-state index is 12.8. The van der Waals surface area contributed by atoms with Gasteiger partial charge in [0.25, 0.3) is 0 Å². The Morgan fingerprint density at radius 1 is 1.14 bits per heavy atom. The molecule has 158 valence electrons. The average molecular weight is 438 g/mol. The molecule has 0 saturated heterocycles. The minimum Gasteiger partial charge on any atom is -0.373 e. The SMILES string of the molecule is CC[C@@H](C(=O)NCCN(C)c1ccccc1)N(c1ccc(C)c(Cl)c1)S(C)(=O)=O. The molecule has 2 rings (SSSR count). The van der Waals surface area contributed by atoms with E-state index in [1.165, 1.54) is 0 Å². The Labute approximate surface area is 178 Å². The van der Waals surface area contributed by atoms with Gasteiger partial charge in [-0.15, -0.1) is 0 Å². The molecule has 0 fully saturated rings. The van der Waals surface area contributed by atoms with Gasteiger partial charge in [-0.1, -0.05) is 42.8 Å². The van der Waals surface area contributed by atoms with Crippen LogP contribution in [0.5, 0.6) is 0 Å². The minimum absolute atomic E-state index is 0.332. The lowest BCUT2D eigenvalue weighted by Gasteiger charge is -2.30. The van der Waals surface area contributed by atoms with Gasteiger partial charge in [-0.2, -0.15) is 0 Å². The van der Waals surface area contributed by atoms with Crippen LogP contribution >= 0.6 is 11.6 Å². The molecule has 0 radical (unpaired) electrons. The van der Waals surface area contributed by atoms with Gasteiger partial charge in [0.1, 0.15) is 6.04 Å². The minimum atomic E-state index is -3.68. The number of hydrogen-bond donors (Lipinski definition) is 1. The number of likely N-dealkylation sites (N-methyl/N-ethyl adjacent to an activating group) is 1. The average Bonchev–Trinajstić information content (AvgIpc) is 2.67. The molecular formula is C21H28ClN3O3S. The Morgan fingerprint density at radius 2 is 1.79 bits per heavy atom. The summed E-state index contributed by atoms with van der Waals surface area (Å²) in [4.78, 5) is 14.9. The number of anilines is 2. The van der Waals surface area contributed by atoms with Crippen molar-refractivity contribution in [3.63, 3.8) is 0 Å². The zero-order valence-corrected chi connectivity index (χ0v) is 18.8. The fourth-order valence-electron chi connectivity index (χ4n) is 3.06. The lowest BCUT2D eigenvalue weighted by atomic mass is 10.1. The Hall–Kier alpha value is -2.25. The maximum Gasteiger partial charge on any atom is 0.243 e. The number of sulfonamides is 1.